The Morgan fingerprint density at radius 3 is 2.42 bits per heavy atom. The molecule has 0 aliphatic rings. The summed E-state index contributed by atoms with van der Waals surface area (Å²) in [6, 6.07) is 2.62. The lowest BCUT2D eigenvalue weighted by atomic mass is 10.2. The highest BCUT2D eigenvalue weighted by atomic mass is 19.2. The number of imidazole rings is 1. The van der Waals surface area contributed by atoms with Crippen molar-refractivity contribution in [3.8, 4) is 0 Å². The van der Waals surface area contributed by atoms with Gasteiger partial charge in [0, 0.05) is 12.1 Å². The van der Waals surface area contributed by atoms with E-state index < -0.39 is 11.6 Å². The van der Waals surface area contributed by atoms with E-state index in [0.717, 1.165) is 49.8 Å². The van der Waals surface area contributed by atoms with Crippen molar-refractivity contribution < 1.29 is 13.3 Å². The Labute approximate surface area is 112 Å². The quantitative estimate of drug-likeness (QED) is 0.704. The monoisotopic (exact) mass is 267 g/mol. The first-order valence-corrected chi connectivity index (χ1v) is 7.04. The van der Waals surface area contributed by atoms with Gasteiger partial charge in [-0.15, -0.1) is 0 Å². The number of aromatic nitrogens is 2. The van der Waals surface area contributed by atoms with E-state index >= 15 is 0 Å². The number of rotatable bonds is 6. The van der Waals surface area contributed by atoms with Gasteiger partial charge in [-0.3, -0.25) is 0 Å². The van der Waals surface area contributed by atoms with Crippen LogP contribution in [0, 0.1) is 11.6 Å². The summed E-state index contributed by atoms with van der Waals surface area (Å²) in [6.07, 6.45) is 6.22. The molecule has 0 aliphatic carbocycles. The SMILES string of the molecule is CCCCn1c[n+](CCCC)c2cc(F)c(F)cc21. The van der Waals surface area contributed by atoms with Crippen molar-refractivity contribution in [2.24, 2.45) is 0 Å². The molecule has 0 atom stereocenters. The van der Waals surface area contributed by atoms with Gasteiger partial charge < -0.3 is 0 Å². The predicted molar refractivity (Wildman–Crippen MR) is 71.9 cm³/mol. The molecule has 0 saturated carbocycles. The molecule has 0 N–H and O–H groups in total. The maximum absolute atomic E-state index is 13.4. The van der Waals surface area contributed by atoms with Crippen molar-refractivity contribution >= 4 is 11.0 Å². The zero-order valence-corrected chi connectivity index (χ0v) is 11.6. The number of halogens is 2. The maximum Gasteiger partial charge on any atom is 0.244 e. The summed E-state index contributed by atoms with van der Waals surface area (Å²) >= 11 is 0. The van der Waals surface area contributed by atoms with E-state index in [4.69, 9.17) is 0 Å². The van der Waals surface area contributed by atoms with Gasteiger partial charge in [-0.05, 0) is 12.8 Å². The number of unbranched alkanes of at least 4 members (excludes halogenated alkanes) is 2. The Bertz CT molecular complexity index is 513. The number of fused-ring (bicyclic) bond motifs is 1. The van der Waals surface area contributed by atoms with E-state index in [1.165, 1.54) is 12.1 Å². The molecule has 0 radical (unpaired) electrons. The predicted octanol–water partition coefficient (Wildman–Crippen LogP) is 3.81. The molecule has 0 amide bonds. The normalized spacial score (nSPS) is 11.4. The third kappa shape index (κ3) is 2.94. The number of nitrogens with zero attached hydrogens (tertiary/aromatic N) is 2. The highest BCUT2D eigenvalue weighted by Gasteiger charge is 2.18. The van der Waals surface area contributed by atoms with Gasteiger partial charge in [0.1, 0.15) is 0 Å². The van der Waals surface area contributed by atoms with E-state index in [9.17, 15) is 8.78 Å². The van der Waals surface area contributed by atoms with Gasteiger partial charge >= 0.3 is 0 Å². The zero-order chi connectivity index (χ0) is 13.8. The highest BCUT2D eigenvalue weighted by Crippen LogP contribution is 2.17. The van der Waals surface area contributed by atoms with E-state index in [1.54, 1.807) is 0 Å². The standard InChI is InChI=1S/C15H21F2N2/c1-3-5-7-18-11-19(8-6-4-2)15-10-13(17)12(16)9-14(15)18/h9-11H,3-8H2,1-2H3/q+1. The summed E-state index contributed by atoms with van der Waals surface area (Å²) < 4.78 is 30.9. The number of aryl methyl sites for hydroxylation is 2. The van der Waals surface area contributed by atoms with Gasteiger partial charge in [0.15, 0.2) is 22.7 Å². The van der Waals surface area contributed by atoms with Gasteiger partial charge in [-0.2, -0.15) is 0 Å². The molecule has 0 unspecified atom stereocenters. The van der Waals surface area contributed by atoms with E-state index in [0.29, 0.717) is 0 Å². The van der Waals surface area contributed by atoms with E-state index in [2.05, 4.69) is 13.8 Å². The molecule has 0 fully saturated rings. The fourth-order valence-electron chi connectivity index (χ4n) is 2.29. The minimum absolute atomic E-state index is 0.772. The van der Waals surface area contributed by atoms with Crippen LogP contribution in [0.3, 0.4) is 0 Å². The first-order chi connectivity index (χ1) is 9.17. The number of benzene rings is 1. The fraction of sp³-hybridized carbons (Fsp3) is 0.533. The molecule has 2 rings (SSSR count). The molecule has 0 aliphatic heterocycles. The Hall–Kier alpha value is -1.45. The minimum atomic E-state index is -0.772. The van der Waals surface area contributed by atoms with E-state index in [-0.39, 0.29) is 0 Å². The van der Waals surface area contributed by atoms with Crippen molar-refractivity contribution in [2.45, 2.75) is 52.6 Å². The molecule has 4 heteroatoms. The largest absolute Gasteiger partial charge is 0.244 e. The second kappa shape index (κ2) is 6.13. The molecule has 19 heavy (non-hydrogen) atoms. The molecule has 1 heterocycles. The first kappa shape index (κ1) is 14.0. The van der Waals surface area contributed by atoms with Crippen molar-refractivity contribution in [1.29, 1.82) is 0 Å². The summed E-state index contributed by atoms with van der Waals surface area (Å²) in [5, 5.41) is 0. The summed E-state index contributed by atoms with van der Waals surface area (Å²) in [7, 11) is 0. The average Bonchev–Trinajstić information content (AvgIpc) is 2.72. The van der Waals surface area contributed by atoms with Gasteiger partial charge in [0.25, 0.3) is 0 Å². The van der Waals surface area contributed by atoms with Crippen molar-refractivity contribution in [3.63, 3.8) is 0 Å². The fourth-order valence-corrected chi connectivity index (χ4v) is 2.29. The number of hydrogen-bond acceptors (Lipinski definition) is 0. The molecule has 0 saturated heterocycles. The van der Waals surface area contributed by atoms with Crippen LogP contribution in [0.25, 0.3) is 11.0 Å². The summed E-state index contributed by atoms with van der Waals surface area (Å²) in [5.74, 6) is -1.54. The summed E-state index contributed by atoms with van der Waals surface area (Å²) in [4.78, 5) is 0. The lowest BCUT2D eigenvalue weighted by Crippen LogP contribution is -2.32. The Morgan fingerprint density at radius 1 is 1.05 bits per heavy atom. The molecule has 104 valence electrons. The van der Waals surface area contributed by atoms with Gasteiger partial charge in [0.2, 0.25) is 6.33 Å². The Balaban J connectivity index is 2.46. The van der Waals surface area contributed by atoms with Crippen LogP contribution in [0.4, 0.5) is 8.78 Å². The second-order valence-corrected chi connectivity index (χ2v) is 4.96. The Kier molecular flexibility index (Phi) is 4.51. The number of hydrogen-bond donors (Lipinski definition) is 0. The van der Waals surface area contributed by atoms with Crippen molar-refractivity contribution in [2.75, 3.05) is 0 Å². The Morgan fingerprint density at radius 2 is 1.74 bits per heavy atom. The van der Waals surface area contributed by atoms with E-state index in [1.807, 2.05) is 15.5 Å². The third-order valence-corrected chi connectivity index (χ3v) is 3.42. The van der Waals surface area contributed by atoms with Gasteiger partial charge in [0.05, 0.1) is 13.1 Å². The van der Waals surface area contributed by atoms with Gasteiger partial charge in [-0.25, -0.2) is 17.9 Å². The van der Waals surface area contributed by atoms with Crippen LogP contribution in [0.5, 0.6) is 0 Å². The molecule has 2 aromatic rings. The average molecular weight is 267 g/mol. The topological polar surface area (TPSA) is 8.81 Å². The maximum atomic E-state index is 13.4. The molecule has 0 spiro atoms. The highest BCUT2D eigenvalue weighted by molar-refractivity contribution is 5.72. The smallest absolute Gasteiger partial charge is 0.230 e. The summed E-state index contributed by atoms with van der Waals surface area (Å²) in [5.41, 5.74) is 1.56. The lowest BCUT2D eigenvalue weighted by molar-refractivity contribution is -0.672. The minimum Gasteiger partial charge on any atom is -0.230 e. The molecular weight excluding hydrogens is 246 g/mol. The van der Waals surface area contributed by atoms with Crippen LogP contribution < -0.4 is 4.57 Å². The first-order valence-electron chi connectivity index (χ1n) is 7.04. The molecule has 1 aromatic carbocycles. The summed E-state index contributed by atoms with van der Waals surface area (Å²) in [6.45, 7) is 5.93. The van der Waals surface area contributed by atoms with Crippen molar-refractivity contribution in [1.82, 2.24) is 4.57 Å². The van der Waals surface area contributed by atoms with Crippen LogP contribution in [-0.4, -0.2) is 4.57 Å². The van der Waals surface area contributed by atoms with Crippen LogP contribution >= 0.6 is 0 Å². The molecule has 1 aromatic heterocycles. The molecular formula is C15H21F2N2+. The van der Waals surface area contributed by atoms with Crippen LogP contribution in [0.15, 0.2) is 18.5 Å². The zero-order valence-electron chi connectivity index (χ0n) is 11.6. The van der Waals surface area contributed by atoms with Gasteiger partial charge in [-0.1, -0.05) is 26.7 Å². The molecule has 0 bridgehead atoms. The van der Waals surface area contributed by atoms with Crippen LogP contribution in [0.2, 0.25) is 0 Å². The third-order valence-electron chi connectivity index (χ3n) is 3.42. The van der Waals surface area contributed by atoms with Crippen LogP contribution in [0.1, 0.15) is 39.5 Å². The molecule has 2 nitrogen and oxygen atoms in total. The second-order valence-electron chi connectivity index (χ2n) is 4.96. The van der Waals surface area contributed by atoms with Crippen molar-refractivity contribution in [3.05, 3.63) is 30.1 Å². The lowest BCUT2D eigenvalue weighted by Gasteiger charge is -1.96. The van der Waals surface area contributed by atoms with Crippen LogP contribution in [-0.2, 0) is 13.1 Å².